The van der Waals surface area contributed by atoms with Gasteiger partial charge in [0.25, 0.3) is 5.91 Å². The molecule has 1 aliphatic heterocycles. The molecule has 1 atom stereocenters. The predicted octanol–water partition coefficient (Wildman–Crippen LogP) is 0.208. The number of rotatable bonds is 6. The summed E-state index contributed by atoms with van der Waals surface area (Å²) in [5, 5.41) is 3.66. The van der Waals surface area contributed by atoms with Gasteiger partial charge in [-0.3, -0.25) is 4.79 Å². The number of hydrogen-bond acceptors (Lipinski definition) is 5. The van der Waals surface area contributed by atoms with Gasteiger partial charge in [0.2, 0.25) is 0 Å². The molecule has 0 spiro atoms. The molecule has 7 nitrogen and oxygen atoms in total. The van der Waals surface area contributed by atoms with E-state index in [0.29, 0.717) is 17.9 Å². The summed E-state index contributed by atoms with van der Waals surface area (Å²) in [6, 6.07) is 5.09. The summed E-state index contributed by atoms with van der Waals surface area (Å²) in [5.74, 6) is 0.389. The van der Waals surface area contributed by atoms with Crippen LogP contribution in [0, 0.1) is 13.8 Å². The Hall–Kier alpha value is -2.38. The molecule has 0 bridgehead atoms. The maximum Gasteiger partial charge on any atom is 0.336 e. The number of nitrogens with one attached hydrogen (secondary N) is 2. The number of quaternary nitrogens is 1. The van der Waals surface area contributed by atoms with Gasteiger partial charge in [0, 0.05) is 6.07 Å². The normalized spacial score (nSPS) is 16.3. The van der Waals surface area contributed by atoms with Crippen molar-refractivity contribution in [1.82, 2.24) is 5.32 Å². The molecule has 0 radical (unpaired) electrons. The lowest BCUT2D eigenvalue weighted by atomic mass is 10.1. The predicted molar refractivity (Wildman–Crippen MR) is 101 cm³/mol. The van der Waals surface area contributed by atoms with Crippen LogP contribution in [0.5, 0.6) is 5.75 Å². The molecular formula is C20H27N2O5+. The number of aryl methyl sites for hydroxylation is 2. The van der Waals surface area contributed by atoms with E-state index in [0.717, 1.165) is 49.4 Å². The van der Waals surface area contributed by atoms with Crippen molar-refractivity contribution in [2.45, 2.75) is 26.9 Å². The van der Waals surface area contributed by atoms with Gasteiger partial charge in [-0.05, 0) is 44.0 Å². The summed E-state index contributed by atoms with van der Waals surface area (Å²) in [6.07, 6.45) is -0.652. The summed E-state index contributed by atoms with van der Waals surface area (Å²) < 4.78 is 16.6. The molecule has 1 fully saturated rings. The molecule has 1 saturated heterocycles. The molecule has 1 aromatic carbocycles. The van der Waals surface area contributed by atoms with Crippen molar-refractivity contribution >= 4 is 16.9 Å². The SMILES string of the molecule is Cc1cc(O[C@@H](C)C(=O)NCC[NH+]2CCOCC2)c2c(C)cc(=O)oc2c1. The van der Waals surface area contributed by atoms with Crippen LogP contribution in [0.4, 0.5) is 0 Å². The van der Waals surface area contributed by atoms with Crippen molar-refractivity contribution in [3.63, 3.8) is 0 Å². The van der Waals surface area contributed by atoms with Crippen LogP contribution in [0.1, 0.15) is 18.1 Å². The highest BCUT2D eigenvalue weighted by Crippen LogP contribution is 2.30. The van der Waals surface area contributed by atoms with Gasteiger partial charge < -0.3 is 24.1 Å². The molecule has 146 valence electrons. The van der Waals surface area contributed by atoms with Crippen molar-refractivity contribution in [2.24, 2.45) is 0 Å². The maximum absolute atomic E-state index is 12.4. The minimum absolute atomic E-state index is 0.160. The Morgan fingerprint density at radius 2 is 2.00 bits per heavy atom. The van der Waals surface area contributed by atoms with E-state index in [2.05, 4.69) is 5.32 Å². The fourth-order valence-electron chi connectivity index (χ4n) is 3.33. The second-order valence-electron chi connectivity index (χ2n) is 7.05. The first-order chi connectivity index (χ1) is 12.9. The molecule has 1 amide bonds. The molecule has 2 N–H and O–H groups in total. The van der Waals surface area contributed by atoms with E-state index >= 15 is 0 Å². The topological polar surface area (TPSA) is 82.2 Å². The molecule has 2 aromatic rings. The average molecular weight is 375 g/mol. The van der Waals surface area contributed by atoms with Crippen molar-refractivity contribution in [2.75, 3.05) is 39.4 Å². The van der Waals surface area contributed by atoms with E-state index in [9.17, 15) is 9.59 Å². The number of ether oxygens (including phenoxy) is 2. The lowest BCUT2D eigenvalue weighted by molar-refractivity contribution is -0.906. The summed E-state index contributed by atoms with van der Waals surface area (Å²) in [7, 11) is 0. The number of carbonyl (C=O) groups excluding carboxylic acids is 1. The number of hydrogen-bond donors (Lipinski definition) is 2. The van der Waals surface area contributed by atoms with Gasteiger partial charge >= 0.3 is 5.63 Å². The summed E-state index contributed by atoms with van der Waals surface area (Å²) in [5.41, 5.74) is 1.74. The largest absolute Gasteiger partial charge is 0.480 e. The van der Waals surface area contributed by atoms with Gasteiger partial charge in [-0.1, -0.05) is 0 Å². The minimum atomic E-state index is -0.652. The van der Waals surface area contributed by atoms with Crippen molar-refractivity contribution in [3.05, 3.63) is 39.7 Å². The molecule has 7 heteroatoms. The lowest BCUT2D eigenvalue weighted by Gasteiger charge is -2.24. The van der Waals surface area contributed by atoms with E-state index in [1.54, 1.807) is 13.0 Å². The number of benzene rings is 1. The van der Waals surface area contributed by atoms with Gasteiger partial charge in [0.15, 0.2) is 6.10 Å². The third-order valence-electron chi connectivity index (χ3n) is 4.80. The third-order valence-corrected chi connectivity index (χ3v) is 4.80. The molecule has 2 heterocycles. The van der Waals surface area contributed by atoms with E-state index in [1.807, 2.05) is 19.9 Å². The van der Waals surface area contributed by atoms with Crippen molar-refractivity contribution in [3.8, 4) is 5.75 Å². The van der Waals surface area contributed by atoms with Gasteiger partial charge in [0.05, 0.1) is 31.7 Å². The van der Waals surface area contributed by atoms with Crippen LogP contribution in [0.2, 0.25) is 0 Å². The Bertz CT molecular complexity index is 871. The smallest absolute Gasteiger partial charge is 0.336 e. The van der Waals surface area contributed by atoms with E-state index in [1.165, 1.54) is 11.0 Å². The highest BCUT2D eigenvalue weighted by Gasteiger charge is 2.19. The Balaban J connectivity index is 1.65. The monoisotopic (exact) mass is 375 g/mol. The summed E-state index contributed by atoms with van der Waals surface area (Å²) in [4.78, 5) is 25.5. The number of carbonyl (C=O) groups is 1. The molecule has 27 heavy (non-hydrogen) atoms. The van der Waals surface area contributed by atoms with E-state index < -0.39 is 11.7 Å². The molecule has 0 aliphatic carbocycles. The molecule has 1 aromatic heterocycles. The van der Waals surface area contributed by atoms with Crippen LogP contribution in [-0.4, -0.2) is 51.4 Å². The maximum atomic E-state index is 12.4. The Morgan fingerprint density at radius 3 is 2.74 bits per heavy atom. The first kappa shape index (κ1) is 19.4. The minimum Gasteiger partial charge on any atom is -0.480 e. The van der Waals surface area contributed by atoms with Gasteiger partial charge in [-0.15, -0.1) is 0 Å². The van der Waals surface area contributed by atoms with E-state index in [4.69, 9.17) is 13.9 Å². The first-order valence-corrected chi connectivity index (χ1v) is 9.35. The summed E-state index contributed by atoms with van der Waals surface area (Å²) >= 11 is 0. The number of fused-ring (bicyclic) bond motifs is 1. The van der Waals surface area contributed by atoms with Crippen LogP contribution in [0.3, 0.4) is 0 Å². The fourth-order valence-corrected chi connectivity index (χ4v) is 3.33. The zero-order valence-electron chi connectivity index (χ0n) is 16.1. The lowest BCUT2D eigenvalue weighted by Crippen LogP contribution is -3.14. The second-order valence-corrected chi connectivity index (χ2v) is 7.05. The molecule has 0 saturated carbocycles. The van der Waals surface area contributed by atoms with E-state index in [-0.39, 0.29) is 5.91 Å². The highest BCUT2D eigenvalue weighted by atomic mass is 16.5. The number of amides is 1. The summed E-state index contributed by atoms with van der Waals surface area (Å²) in [6.45, 7) is 10.4. The van der Waals surface area contributed by atoms with Gasteiger partial charge in [-0.2, -0.15) is 0 Å². The highest BCUT2D eigenvalue weighted by molar-refractivity contribution is 5.88. The number of morpholine rings is 1. The Morgan fingerprint density at radius 1 is 1.26 bits per heavy atom. The van der Waals surface area contributed by atoms with Crippen LogP contribution >= 0.6 is 0 Å². The van der Waals surface area contributed by atoms with Crippen molar-refractivity contribution in [1.29, 1.82) is 0 Å². The average Bonchev–Trinajstić information content (AvgIpc) is 2.61. The van der Waals surface area contributed by atoms with Gasteiger partial charge in [-0.25, -0.2) is 4.79 Å². The van der Waals surface area contributed by atoms with Crippen LogP contribution in [0.15, 0.2) is 27.4 Å². The zero-order valence-corrected chi connectivity index (χ0v) is 16.1. The molecule has 0 unspecified atom stereocenters. The second kappa shape index (κ2) is 8.54. The standard InChI is InChI=1S/C20H26N2O5/c1-13-10-16(19-14(2)12-18(23)27-17(19)11-13)26-15(3)20(24)21-4-5-22-6-8-25-9-7-22/h10-12,15H,4-9H2,1-3H3,(H,21,24)/p+1/t15-/m0/s1. The zero-order chi connectivity index (χ0) is 19.4. The van der Waals surface area contributed by atoms with Crippen molar-refractivity contribution < 1.29 is 23.6 Å². The Kier molecular flexibility index (Phi) is 6.13. The van der Waals surface area contributed by atoms with Crippen LogP contribution < -0.4 is 20.6 Å². The van der Waals surface area contributed by atoms with Crippen LogP contribution in [-0.2, 0) is 9.53 Å². The fraction of sp³-hybridized carbons (Fsp3) is 0.500. The van der Waals surface area contributed by atoms with Gasteiger partial charge in [0.1, 0.15) is 24.4 Å². The molecule has 3 rings (SSSR count). The van der Waals surface area contributed by atoms with Crippen LogP contribution in [0.25, 0.3) is 11.0 Å². The molecule has 1 aliphatic rings. The third kappa shape index (κ3) is 4.87. The molecular weight excluding hydrogens is 348 g/mol. The Labute approximate surface area is 158 Å². The quantitative estimate of drug-likeness (QED) is 0.706. The first-order valence-electron chi connectivity index (χ1n) is 9.35.